The van der Waals surface area contributed by atoms with Crippen molar-refractivity contribution in [3.63, 3.8) is 0 Å². The molecular weight excluding hydrogens is 308 g/mol. The maximum atomic E-state index is 11.8. The zero-order valence-electron chi connectivity index (χ0n) is 10.3. The molecule has 0 saturated carbocycles. The second-order valence-electron chi connectivity index (χ2n) is 4.43. The number of rotatable bonds is 3. The minimum absolute atomic E-state index is 0.0588. The molecule has 5 heteroatoms. The van der Waals surface area contributed by atoms with Crippen molar-refractivity contribution in [2.75, 3.05) is 0 Å². The number of hydrogen-bond acceptors (Lipinski definition) is 3. The van der Waals surface area contributed by atoms with Gasteiger partial charge < -0.3 is 5.11 Å². The van der Waals surface area contributed by atoms with Crippen LogP contribution >= 0.6 is 15.9 Å². The highest BCUT2D eigenvalue weighted by Crippen LogP contribution is 2.21. The van der Waals surface area contributed by atoms with Crippen LogP contribution < -0.4 is 5.43 Å². The maximum absolute atomic E-state index is 11.8. The molecule has 0 fully saturated rings. The Morgan fingerprint density at radius 2 is 2.32 bits per heavy atom. The van der Waals surface area contributed by atoms with Crippen molar-refractivity contribution in [2.24, 2.45) is 11.0 Å². The standard InChI is InChI=1S/C14H15BrN2O2/c15-11-6-7-13(18)12(8-11)14(19)17-16-9-10-4-2-1-3-5-10/h1-2,6-10,18H,3-5H2,(H,17,19)/t10-/m1/s1. The number of hydrogen-bond donors (Lipinski definition) is 2. The largest absolute Gasteiger partial charge is 0.507 e. The zero-order chi connectivity index (χ0) is 13.7. The van der Waals surface area contributed by atoms with E-state index in [1.807, 2.05) is 0 Å². The molecule has 0 unspecified atom stereocenters. The molecule has 1 atom stereocenters. The Balaban J connectivity index is 1.95. The number of halogens is 1. The smallest absolute Gasteiger partial charge is 0.275 e. The predicted molar refractivity (Wildman–Crippen MR) is 78.2 cm³/mol. The van der Waals surface area contributed by atoms with Crippen molar-refractivity contribution in [2.45, 2.75) is 19.3 Å². The van der Waals surface area contributed by atoms with Gasteiger partial charge in [-0.15, -0.1) is 0 Å². The lowest BCUT2D eigenvalue weighted by Gasteiger charge is -2.11. The molecule has 1 aliphatic rings. The maximum Gasteiger partial charge on any atom is 0.275 e. The van der Waals surface area contributed by atoms with Crippen molar-refractivity contribution in [1.82, 2.24) is 5.43 Å². The van der Waals surface area contributed by atoms with Crippen LogP contribution in [-0.2, 0) is 0 Å². The van der Waals surface area contributed by atoms with E-state index in [4.69, 9.17) is 0 Å². The van der Waals surface area contributed by atoms with E-state index in [0.717, 1.165) is 23.7 Å². The van der Waals surface area contributed by atoms with Gasteiger partial charge in [-0.2, -0.15) is 5.10 Å². The molecule has 0 radical (unpaired) electrons. The number of nitrogens with one attached hydrogen (secondary N) is 1. The number of hydrazone groups is 1. The Morgan fingerprint density at radius 1 is 1.47 bits per heavy atom. The first-order valence-electron chi connectivity index (χ1n) is 6.14. The Hall–Kier alpha value is -1.62. The lowest BCUT2D eigenvalue weighted by Crippen LogP contribution is -2.19. The summed E-state index contributed by atoms with van der Waals surface area (Å²) in [5.74, 6) is -0.0979. The van der Waals surface area contributed by atoms with Gasteiger partial charge in [0.1, 0.15) is 5.75 Å². The molecule has 4 nitrogen and oxygen atoms in total. The minimum atomic E-state index is -0.415. The van der Waals surface area contributed by atoms with E-state index in [2.05, 4.69) is 38.6 Å². The number of aromatic hydroxyl groups is 1. The summed E-state index contributed by atoms with van der Waals surface area (Å²) in [6.07, 6.45) is 9.11. The molecule has 0 bridgehead atoms. The van der Waals surface area contributed by atoms with Crippen LogP contribution in [0.3, 0.4) is 0 Å². The molecule has 2 rings (SSSR count). The molecule has 0 saturated heterocycles. The normalized spacial score (nSPS) is 18.7. The van der Waals surface area contributed by atoms with Gasteiger partial charge >= 0.3 is 0 Å². The number of allylic oxidation sites excluding steroid dienone is 2. The van der Waals surface area contributed by atoms with Gasteiger partial charge in [0.2, 0.25) is 0 Å². The summed E-state index contributed by atoms with van der Waals surface area (Å²) in [7, 11) is 0. The summed E-state index contributed by atoms with van der Waals surface area (Å²) in [6.45, 7) is 0. The number of phenolic OH excluding ortho intramolecular Hbond substituents is 1. The third-order valence-electron chi connectivity index (χ3n) is 2.96. The fourth-order valence-corrected chi connectivity index (χ4v) is 2.27. The summed E-state index contributed by atoms with van der Waals surface area (Å²) in [5.41, 5.74) is 2.64. The monoisotopic (exact) mass is 322 g/mol. The third-order valence-corrected chi connectivity index (χ3v) is 3.46. The van der Waals surface area contributed by atoms with Gasteiger partial charge in [-0.25, -0.2) is 5.43 Å². The van der Waals surface area contributed by atoms with E-state index in [1.54, 1.807) is 18.3 Å². The first-order valence-corrected chi connectivity index (χ1v) is 6.93. The van der Waals surface area contributed by atoms with Crippen LogP contribution in [0.2, 0.25) is 0 Å². The summed E-state index contributed by atoms with van der Waals surface area (Å²) in [4.78, 5) is 11.8. The highest BCUT2D eigenvalue weighted by Gasteiger charge is 2.11. The Labute approximate surface area is 120 Å². The highest BCUT2D eigenvalue weighted by molar-refractivity contribution is 9.10. The molecule has 1 amide bonds. The van der Waals surface area contributed by atoms with Crippen LogP contribution in [0, 0.1) is 5.92 Å². The van der Waals surface area contributed by atoms with E-state index >= 15 is 0 Å². The van der Waals surface area contributed by atoms with Gasteiger partial charge in [0.15, 0.2) is 0 Å². The van der Waals surface area contributed by atoms with Gasteiger partial charge in [-0.1, -0.05) is 28.1 Å². The summed E-state index contributed by atoms with van der Waals surface area (Å²) >= 11 is 3.26. The first-order chi connectivity index (χ1) is 9.16. The van der Waals surface area contributed by atoms with Gasteiger partial charge in [0, 0.05) is 10.7 Å². The number of carbonyl (C=O) groups excluding carboxylic acids is 1. The van der Waals surface area contributed by atoms with Gasteiger partial charge in [-0.05, 0) is 43.4 Å². The lowest BCUT2D eigenvalue weighted by atomic mass is 9.96. The third kappa shape index (κ3) is 3.92. The highest BCUT2D eigenvalue weighted by atomic mass is 79.9. The molecule has 100 valence electrons. The lowest BCUT2D eigenvalue weighted by molar-refractivity contribution is 0.0952. The van der Waals surface area contributed by atoms with Crippen LogP contribution in [0.1, 0.15) is 29.6 Å². The average molecular weight is 323 g/mol. The molecule has 2 N–H and O–H groups in total. The fraction of sp³-hybridized carbons (Fsp3) is 0.286. The second kappa shape index (κ2) is 6.52. The number of amides is 1. The molecule has 1 aromatic rings. The summed E-state index contributed by atoms with van der Waals surface area (Å²) < 4.78 is 0.733. The molecule has 0 aromatic heterocycles. The molecule has 0 heterocycles. The Morgan fingerprint density at radius 3 is 3.05 bits per heavy atom. The first kappa shape index (κ1) is 13.8. The molecule has 0 aliphatic heterocycles. The average Bonchev–Trinajstić information content (AvgIpc) is 2.42. The van der Waals surface area contributed by atoms with E-state index < -0.39 is 5.91 Å². The van der Waals surface area contributed by atoms with Crippen molar-refractivity contribution in [1.29, 1.82) is 0 Å². The number of benzene rings is 1. The molecule has 19 heavy (non-hydrogen) atoms. The van der Waals surface area contributed by atoms with E-state index in [-0.39, 0.29) is 11.3 Å². The van der Waals surface area contributed by atoms with Crippen LogP contribution in [0.5, 0.6) is 5.75 Å². The van der Waals surface area contributed by atoms with Crippen LogP contribution in [0.4, 0.5) is 0 Å². The van der Waals surface area contributed by atoms with Crippen molar-refractivity contribution in [3.05, 3.63) is 40.4 Å². The summed E-state index contributed by atoms with van der Waals surface area (Å²) in [5, 5.41) is 13.6. The van der Waals surface area contributed by atoms with Crippen LogP contribution in [0.15, 0.2) is 39.9 Å². The van der Waals surface area contributed by atoms with E-state index in [0.29, 0.717) is 5.92 Å². The van der Waals surface area contributed by atoms with Crippen molar-refractivity contribution in [3.8, 4) is 5.75 Å². The molecular formula is C14H15BrN2O2. The topological polar surface area (TPSA) is 61.7 Å². The van der Waals surface area contributed by atoms with Gasteiger partial charge in [-0.3, -0.25) is 4.79 Å². The quantitative estimate of drug-likeness (QED) is 0.510. The van der Waals surface area contributed by atoms with Crippen molar-refractivity contribution < 1.29 is 9.90 Å². The zero-order valence-corrected chi connectivity index (χ0v) is 11.9. The van der Waals surface area contributed by atoms with E-state index in [9.17, 15) is 9.90 Å². The van der Waals surface area contributed by atoms with Crippen LogP contribution in [-0.4, -0.2) is 17.2 Å². The van der Waals surface area contributed by atoms with Gasteiger partial charge in [0.05, 0.1) is 5.56 Å². The fourth-order valence-electron chi connectivity index (χ4n) is 1.90. The predicted octanol–water partition coefficient (Wildman–Crippen LogP) is 3.23. The second-order valence-corrected chi connectivity index (χ2v) is 5.34. The SMILES string of the molecule is O=C(NN=C[C@@H]1CC=CCC1)c1cc(Br)ccc1O. The van der Waals surface area contributed by atoms with Crippen LogP contribution in [0.25, 0.3) is 0 Å². The van der Waals surface area contributed by atoms with Crippen molar-refractivity contribution >= 4 is 28.1 Å². The molecule has 1 aromatic carbocycles. The molecule has 1 aliphatic carbocycles. The number of nitrogens with zero attached hydrogens (tertiary/aromatic N) is 1. The Kier molecular flexibility index (Phi) is 4.74. The van der Waals surface area contributed by atoms with Gasteiger partial charge in [0.25, 0.3) is 5.91 Å². The summed E-state index contributed by atoms with van der Waals surface area (Å²) in [6, 6.07) is 4.70. The molecule has 0 spiro atoms. The Bertz CT molecular complexity index is 526. The number of carbonyl (C=O) groups is 1. The minimum Gasteiger partial charge on any atom is -0.507 e. The number of phenols is 1. The van der Waals surface area contributed by atoms with E-state index in [1.165, 1.54) is 6.07 Å².